The van der Waals surface area contributed by atoms with Crippen molar-refractivity contribution in [1.82, 2.24) is 9.88 Å². The number of esters is 1. The second-order valence-electron chi connectivity index (χ2n) is 5.19. The highest BCUT2D eigenvalue weighted by Crippen LogP contribution is 2.16. The van der Waals surface area contributed by atoms with Crippen LogP contribution in [0.25, 0.3) is 0 Å². The number of ether oxygens (including phenoxy) is 3. The molecule has 1 aromatic heterocycles. The molecule has 26 heavy (non-hydrogen) atoms. The zero-order chi connectivity index (χ0) is 18.9. The van der Waals surface area contributed by atoms with Crippen LogP contribution in [-0.4, -0.2) is 56.4 Å². The summed E-state index contributed by atoms with van der Waals surface area (Å²) in [4.78, 5) is 29.5. The highest BCUT2D eigenvalue weighted by molar-refractivity contribution is 5.89. The van der Waals surface area contributed by atoms with Crippen LogP contribution in [0, 0.1) is 0 Å². The number of nitrogens with zero attached hydrogens (tertiary/aromatic N) is 2. The number of methoxy groups -OCH3 is 3. The van der Waals surface area contributed by atoms with Gasteiger partial charge in [-0.2, -0.15) is 0 Å². The van der Waals surface area contributed by atoms with Gasteiger partial charge >= 0.3 is 12.0 Å². The summed E-state index contributed by atoms with van der Waals surface area (Å²) in [7, 11) is 4.36. The first-order chi connectivity index (χ1) is 12.6. The summed E-state index contributed by atoms with van der Waals surface area (Å²) in [5.74, 6) is 0.298. The monoisotopic (exact) mass is 363 g/mol. The van der Waals surface area contributed by atoms with Gasteiger partial charge in [0.05, 0.1) is 27.4 Å². The Morgan fingerprint density at radius 3 is 2.54 bits per heavy atom. The summed E-state index contributed by atoms with van der Waals surface area (Å²) in [6, 6.07) is 6.58. The van der Waals surface area contributed by atoms with E-state index in [4.69, 9.17) is 13.9 Å². The van der Waals surface area contributed by atoms with Crippen molar-refractivity contribution in [2.24, 2.45) is 0 Å². The maximum atomic E-state index is 12.5. The Balaban J connectivity index is 2.05. The molecule has 0 radical (unpaired) electrons. The molecule has 0 aliphatic heterocycles. The van der Waals surface area contributed by atoms with E-state index < -0.39 is 5.97 Å². The van der Waals surface area contributed by atoms with Gasteiger partial charge in [-0.25, -0.2) is 14.6 Å². The zero-order valence-electron chi connectivity index (χ0n) is 14.9. The molecular weight excluding hydrogens is 342 g/mol. The molecule has 1 aromatic carbocycles. The Morgan fingerprint density at radius 2 is 1.92 bits per heavy atom. The number of benzene rings is 1. The molecule has 1 heterocycles. The van der Waals surface area contributed by atoms with E-state index in [9.17, 15) is 9.59 Å². The van der Waals surface area contributed by atoms with Crippen molar-refractivity contribution in [3.05, 3.63) is 42.1 Å². The van der Waals surface area contributed by atoms with E-state index in [0.717, 1.165) is 0 Å². The lowest BCUT2D eigenvalue weighted by atomic mass is 10.3. The molecule has 2 amide bonds. The van der Waals surface area contributed by atoms with Crippen LogP contribution in [0.15, 0.2) is 34.9 Å². The van der Waals surface area contributed by atoms with Gasteiger partial charge in [-0.1, -0.05) is 0 Å². The van der Waals surface area contributed by atoms with E-state index in [1.165, 1.54) is 18.3 Å². The number of urea groups is 1. The van der Waals surface area contributed by atoms with E-state index >= 15 is 0 Å². The van der Waals surface area contributed by atoms with Gasteiger partial charge < -0.3 is 28.8 Å². The number of anilines is 1. The number of carbonyl (C=O) groups is 2. The van der Waals surface area contributed by atoms with Crippen LogP contribution >= 0.6 is 0 Å². The fourth-order valence-corrected chi connectivity index (χ4v) is 2.08. The van der Waals surface area contributed by atoms with E-state index in [1.807, 2.05) is 0 Å². The van der Waals surface area contributed by atoms with Crippen LogP contribution in [0.5, 0.6) is 5.75 Å². The number of hydrogen-bond acceptors (Lipinski definition) is 7. The minimum atomic E-state index is -0.605. The van der Waals surface area contributed by atoms with Crippen molar-refractivity contribution in [2.45, 2.75) is 6.54 Å². The molecule has 0 atom stereocenters. The zero-order valence-corrected chi connectivity index (χ0v) is 14.9. The van der Waals surface area contributed by atoms with Gasteiger partial charge in [-0.05, 0) is 24.3 Å². The molecule has 2 aromatic rings. The van der Waals surface area contributed by atoms with Crippen LogP contribution in [0.3, 0.4) is 0 Å². The SMILES string of the molecule is COCCN(Cc1nc(C(=O)OC)co1)C(=O)Nc1ccc(OC)cc1. The van der Waals surface area contributed by atoms with Crippen molar-refractivity contribution in [2.75, 3.05) is 39.8 Å². The Morgan fingerprint density at radius 1 is 1.19 bits per heavy atom. The summed E-state index contributed by atoms with van der Waals surface area (Å²) in [6.07, 6.45) is 1.19. The average molecular weight is 363 g/mol. The number of rotatable bonds is 8. The molecule has 0 saturated carbocycles. The Kier molecular flexibility index (Phi) is 6.98. The second kappa shape index (κ2) is 9.42. The predicted molar refractivity (Wildman–Crippen MR) is 92.1 cm³/mol. The minimum absolute atomic E-state index is 0.0461. The summed E-state index contributed by atoms with van der Waals surface area (Å²) < 4.78 is 19.9. The van der Waals surface area contributed by atoms with E-state index in [-0.39, 0.29) is 24.2 Å². The number of amides is 2. The molecular formula is C17H21N3O6. The van der Waals surface area contributed by atoms with Crippen molar-refractivity contribution >= 4 is 17.7 Å². The molecule has 2 rings (SSSR count). The number of hydrogen-bond donors (Lipinski definition) is 1. The first-order valence-corrected chi connectivity index (χ1v) is 7.79. The molecule has 0 saturated heterocycles. The summed E-state index contributed by atoms with van der Waals surface area (Å²) >= 11 is 0. The molecule has 0 aliphatic carbocycles. The Hall–Kier alpha value is -3.07. The highest BCUT2D eigenvalue weighted by Gasteiger charge is 2.19. The lowest BCUT2D eigenvalue weighted by Gasteiger charge is -2.21. The van der Waals surface area contributed by atoms with Gasteiger partial charge in [0.1, 0.15) is 12.0 Å². The first-order valence-electron chi connectivity index (χ1n) is 7.79. The van der Waals surface area contributed by atoms with Crippen molar-refractivity contribution in [3.8, 4) is 5.75 Å². The van der Waals surface area contributed by atoms with Crippen LogP contribution in [0.4, 0.5) is 10.5 Å². The third-order valence-electron chi connectivity index (χ3n) is 3.47. The topological polar surface area (TPSA) is 103 Å². The van der Waals surface area contributed by atoms with Crippen LogP contribution < -0.4 is 10.1 Å². The largest absolute Gasteiger partial charge is 0.497 e. The predicted octanol–water partition coefficient (Wildman–Crippen LogP) is 2.15. The number of oxazole rings is 1. The van der Waals surface area contributed by atoms with Crippen LogP contribution in [0.1, 0.15) is 16.4 Å². The smallest absolute Gasteiger partial charge is 0.360 e. The minimum Gasteiger partial charge on any atom is -0.497 e. The van der Waals surface area contributed by atoms with E-state index in [1.54, 1.807) is 38.5 Å². The number of nitrogens with one attached hydrogen (secondary N) is 1. The molecule has 0 spiro atoms. The van der Waals surface area contributed by atoms with Gasteiger partial charge in [0, 0.05) is 19.3 Å². The number of aromatic nitrogens is 1. The molecule has 9 nitrogen and oxygen atoms in total. The molecule has 0 bridgehead atoms. The summed E-state index contributed by atoms with van der Waals surface area (Å²) in [5, 5.41) is 2.78. The maximum absolute atomic E-state index is 12.5. The molecule has 140 valence electrons. The lowest BCUT2D eigenvalue weighted by Crippen LogP contribution is -2.37. The highest BCUT2D eigenvalue weighted by atomic mass is 16.5. The lowest BCUT2D eigenvalue weighted by molar-refractivity contribution is 0.0594. The Bertz CT molecular complexity index is 728. The normalized spacial score (nSPS) is 10.3. The van der Waals surface area contributed by atoms with Crippen molar-refractivity contribution in [1.29, 1.82) is 0 Å². The quantitative estimate of drug-likeness (QED) is 0.717. The van der Waals surface area contributed by atoms with E-state index in [0.29, 0.717) is 24.6 Å². The van der Waals surface area contributed by atoms with Gasteiger partial charge in [0.2, 0.25) is 5.89 Å². The van der Waals surface area contributed by atoms with Crippen LogP contribution in [0.2, 0.25) is 0 Å². The van der Waals surface area contributed by atoms with Gasteiger partial charge in [0.25, 0.3) is 0 Å². The Labute approximate surface area is 150 Å². The standard InChI is InChI=1S/C17H21N3O6/c1-23-9-8-20(10-15-19-14(11-26-15)16(21)25-3)17(22)18-12-4-6-13(24-2)7-5-12/h4-7,11H,8-10H2,1-3H3,(H,18,22). The van der Waals surface area contributed by atoms with E-state index in [2.05, 4.69) is 15.0 Å². The maximum Gasteiger partial charge on any atom is 0.360 e. The van der Waals surface area contributed by atoms with Gasteiger partial charge in [-0.3, -0.25) is 0 Å². The first kappa shape index (κ1) is 19.3. The van der Waals surface area contributed by atoms with Crippen molar-refractivity contribution < 1.29 is 28.2 Å². The average Bonchev–Trinajstić information content (AvgIpc) is 3.13. The third kappa shape index (κ3) is 5.21. The van der Waals surface area contributed by atoms with Crippen LogP contribution in [-0.2, 0) is 16.0 Å². The molecule has 0 aliphatic rings. The summed E-state index contributed by atoms with van der Waals surface area (Å²) in [5.41, 5.74) is 0.658. The third-order valence-corrected chi connectivity index (χ3v) is 3.47. The molecule has 0 fully saturated rings. The second-order valence-corrected chi connectivity index (χ2v) is 5.19. The van der Waals surface area contributed by atoms with Gasteiger partial charge in [0.15, 0.2) is 5.69 Å². The molecule has 9 heteroatoms. The molecule has 1 N–H and O–H groups in total. The van der Waals surface area contributed by atoms with Gasteiger partial charge in [-0.15, -0.1) is 0 Å². The van der Waals surface area contributed by atoms with Crippen molar-refractivity contribution in [3.63, 3.8) is 0 Å². The molecule has 0 unspecified atom stereocenters. The fourth-order valence-electron chi connectivity index (χ4n) is 2.08. The summed E-state index contributed by atoms with van der Waals surface area (Å²) in [6.45, 7) is 0.720. The fraction of sp³-hybridized carbons (Fsp3) is 0.353. The number of carbonyl (C=O) groups excluding carboxylic acids is 2.